The molecule has 0 heterocycles. The van der Waals surface area contributed by atoms with E-state index in [1.165, 1.54) is 0 Å². The first-order chi connectivity index (χ1) is 8.90. The molecule has 0 radical (unpaired) electrons. The summed E-state index contributed by atoms with van der Waals surface area (Å²) < 4.78 is 10.5. The summed E-state index contributed by atoms with van der Waals surface area (Å²) in [5.41, 5.74) is -2.31. The summed E-state index contributed by atoms with van der Waals surface area (Å²) in [6.45, 7) is 10.4. The highest BCUT2D eigenvalue weighted by molar-refractivity contribution is 5.90. The van der Waals surface area contributed by atoms with E-state index in [1.807, 2.05) is 0 Å². The van der Waals surface area contributed by atoms with Gasteiger partial charge >= 0.3 is 12.2 Å². The number of amides is 2. The molecule has 0 atom stereocenters. The number of terminal acetylenes is 1. The second-order valence-corrected chi connectivity index (χ2v) is 6.97. The highest BCUT2D eigenvalue weighted by Crippen LogP contribution is 2.42. The van der Waals surface area contributed by atoms with Crippen LogP contribution in [0, 0.1) is 12.3 Å². The van der Waals surface area contributed by atoms with Gasteiger partial charge < -0.3 is 9.47 Å². The van der Waals surface area contributed by atoms with Gasteiger partial charge in [0.15, 0.2) is 0 Å². The van der Waals surface area contributed by atoms with Crippen LogP contribution in [0.15, 0.2) is 0 Å². The van der Waals surface area contributed by atoms with Gasteiger partial charge in [-0.25, -0.2) is 9.59 Å². The quantitative estimate of drug-likeness (QED) is 0.692. The maximum Gasteiger partial charge on any atom is 0.421 e. The zero-order chi connectivity index (χ0) is 15.8. The summed E-state index contributed by atoms with van der Waals surface area (Å²) in [5.74, 6) is 2.51. The average molecular weight is 281 g/mol. The molecule has 0 spiro atoms. The zero-order valence-electron chi connectivity index (χ0n) is 13.1. The summed E-state index contributed by atoms with van der Waals surface area (Å²) in [5, 5.41) is 0. The lowest BCUT2D eigenvalue weighted by Crippen LogP contribution is -2.49. The Morgan fingerprint density at radius 2 is 1.35 bits per heavy atom. The molecular formula is C15H23NO4. The highest BCUT2D eigenvalue weighted by atomic mass is 16.6. The number of carbonyl (C=O) groups excluding carboxylic acids is 2. The number of ether oxygens (including phenoxy) is 2. The smallest absolute Gasteiger partial charge is 0.421 e. The van der Waals surface area contributed by atoms with Gasteiger partial charge in [-0.05, 0) is 54.4 Å². The summed E-state index contributed by atoms with van der Waals surface area (Å²) in [7, 11) is 0. The first-order valence-corrected chi connectivity index (χ1v) is 6.64. The van der Waals surface area contributed by atoms with Crippen molar-refractivity contribution in [1.82, 2.24) is 4.90 Å². The Kier molecular flexibility index (Phi) is 4.09. The third kappa shape index (κ3) is 4.16. The van der Waals surface area contributed by atoms with Crippen molar-refractivity contribution in [2.24, 2.45) is 0 Å². The maximum absolute atomic E-state index is 12.2. The van der Waals surface area contributed by atoms with Crippen molar-refractivity contribution >= 4 is 12.2 Å². The fraction of sp³-hybridized carbons (Fsp3) is 0.733. The maximum atomic E-state index is 12.2. The van der Waals surface area contributed by atoms with Crippen LogP contribution in [0.4, 0.5) is 9.59 Å². The SMILES string of the molecule is C#CC1(N(C(=O)OC(C)(C)C)C(=O)OC(C)(C)C)CC1. The summed E-state index contributed by atoms with van der Waals surface area (Å²) in [6.07, 6.45) is 5.08. The predicted octanol–water partition coefficient (Wildman–Crippen LogP) is 3.32. The van der Waals surface area contributed by atoms with E-state index >= 15 is 0 Å². The van der Waals surface area contributed by atoms with E-state index in [9.17, 15) is 9.59 Å². The van der Waals surface area contributed by atoms with E-state index in [-0.39, 0.29) is 0 Å². The molecule has 112 valence electrons. The summed E-state index contributed by atoms with van der Waals surface area (Å²) in [4.78, 5) is 25.4. The lowest BCUT2D eigenvalue weighted by Gasteiger charge is -2.31. The molecular weight excluding hydrogens is 258 g/mol. The Labute approximate surface area is 120 Å². The van der Waals surface area contributed by atoms with E-state index < -0.39 is 28.9 Å². The van der Waals surface area contributed by atoms with Gasteiger partial charge in [0, 0.05) is 0 Å². The number of rotatable bonds is 1. The lowest BCUT2D eigenvalue weighted by atomic mass is 10.2. The lowest BCUT2D eigenvalue weighted by molar-refractivity contribution is -0.00508. The topological polar surface area (TPSA) is 55.8 Å². The molecule has 20 heavy (non-hydrogen) atoms. The van der Waals surface area contributed by atoms with E-state index in [0.29, 0.717) is 12.8 Å². The number of nitrogens with zero attached hydrogens (tertiary/aromatic N) is 1. The molecule has 0 unspecified atom stereocenters. The largest absolute Gasteiger partial charge is 0.443 e. The second-order valence-electron chi connectivity index (χ2n) is 6.97. The van der Waals surface area contributed by atoms with E-state index in [4.69, 9.17) is 15.9 Å². The Bertz CT molecular complexity index is 416. The van der Waals surface area contributed by atoms with Gasteiger partial charge in [-0.2, -0.15) is 4.90 Å². The number of imide groups is 1. The third-order valence-electron chi connectivity index (χ3n) is 2.57. The molecule has 0 aliphatic heterocycles. The van der Waals surface area contributed by atoms with E-state index in [0.717, 1.165) is 4.90 Å². The van der Waals surface area contributed by atoms with Crippen LogP contribution in [0.5, 0.6) is 0 Å². The molecule has 0 aromatic carbocycles. The van der Waals surface area contributed by atoms with Crippen molar-refractivity contribution in [2.45, 2.75) is 71.1 Å². The minimum absolute atomic E-state index is 0.571. The molecule has 1 rings (SSSR count). The Hall–Kier alpha value is -1.70. The number of hydrogen-bond acceptors (Lipinski definition) is 4. The Morgan fingerprint density at radius 3 is 1.55 bits per heavy atom. The molecule has 1 aliphatic carbocycles. The van der Waals surface area contributed by atoms with Crippen molar-refractivity contribution in [3.8, 4) is 12.3 Å². The van der Waals surface area contributed by atoms with Crippen molar-refractivity contribution in [3.05, 3.63) is 0 Å². The zero-order valence-corrected chi connectivity index (χ0v) is 13.1. The molecule has 2 amide bonds. The van der Waals surface area contributed by atoms with Crippen LogP contribution < -0.4 is 0 Å². The minimum atomic E-state index is -0.898. The monoisotopic (exact) mass is 281 g/mol. The molecule has 0 N–H and O–H groups in total. The predicted molar refractivity (Wildman–Crippen MR) is 75.1 cm³/mol. The van der Waals surface area contributed by atoms with Gasteiger partial charge in [0.1, 0.15) is 16.7 Å². The average Bonchev–Trinajstić information content (AvgIpc) is 2.92. The third-order valence-corrected chi connectivity index (χ3v) is 2.57. The van der Waals surface area contributed by atoms with Crippen LogP contribution in [0.2, 0.25) is 0 Å². The van der Waals surface area contributed by atoms with Gasteiger partial charge in [-0.3, -0.25) is 0 Å². The molecule has 5 nitrogen and oxygen atoms in total. The van der Waals surface area contributed by atoms with E-state index in [2.05, 4.69) is 5.92 Å². The minimum Gasteiger partial charge on any atom is -0.443 e. The molecule has 0 saturated heterocycles. The number of carbonyl (C=O) groups is 2. The fourth-order valence-electron chi connectivity index (χ4n) is 1.59. The summed E-state index contributed by atoms with van der Waals surface area (Å²) in [6, 6.07) is 0. The van der Waals surface area contributed by atoms with Crippen LogP contribution in [0.1, 0.15) is 54.4 Å². The van der Waals surface area contributed by atoms with Gasteiger partial charge in [0.2, 0.25) is 0 Å². The Morgan fingerprint density at radius 1 is 1.00 bits per heavy atom. The standard InChI is InChI=1S/C15H23NO4/c1-8-15(9-10-15)16(11(17)19-13(2,3)4)12(18)20-14(5,6)7/h1H,9-10H2,2-7H3. The van der Waals surface area contributed by atoms with Crippen molar-refractivity contribution in [2.75, 3.05) is 0 Å². The van der Waals surface area contributed by atoms with Crippen LogP contribution in [0.3, 0.4) is 0 Å². The van der Waals surface area contributed by atoms with Gasteiger partial charge in [0.05, 0.1) is 0 Å². The molecule has 1 saturated carbocycles. The van der Waals surface area contributed by atoms with Gasteiger partial charge in [-0.15, -0.1) is 6.42 Å². The molecule has 0 bridgehead atoms. The second kappa shape index (κ2) is 5.01. The molecule has 5 heteroatoms. The molecule has 0 aromatic heterocycles. The molecule has 0 aromatic rings. The first-order valence-electron chi connectivity index (χ1n) is 6.64. The summed E-state index contributed by atoms with van der Waals surface area (Å²) >= 11 is 0. The molecule has 1 fully saturated rings. The fourth-order valence-corrected chi connectivity index (χ4v) is 1.59. The van der Waals surface area contributed by atoms with Crippen LogP contribution in [-0.2, 0) is 9.47 Å². The van der Waals surface area contributed by atoms with Crippen molar-refractivity contribution in [1.29, 1.82) is 0 Å². The first kappa shape index (κ1) is 16.4. The highest BCUT2D eigenvalue weighted by Gasteiger charge is 2.54. The van der Waals surface area contributed by atoms with Crippen LogP contribution in [0.25, 0.3) is 0 Å². The van der Waals surface area contributed by atoms with Crippen LogP contribution >= 0.6 is 0 Å². The van der Waals surface area contributed by atoms with Crippen molar-refractivity contribution in [3.63, 3.8) is 0 Å². The normalized spacial score (nSPS) is 16.9. The Balaban J connectivity index is 2.97. The molecule has 1 aliphatic rings. The van der Waals surface area contributed by atoms with Gasteiger partial charge in [-0.1, -0.05) is 5.92 Å². The number of hydrogen-bond donors (Lipinski definition) is 0. The van der Waals surface area contributed by atoms with Gasteiger partial charge in [0.25, 0.3) is 0 Å². The van der Waals surface area contributed by atoms with E-state index in [1.54, 1.807) is 41.5 Å². The van der Waals surface area contributed by atoms with Crippen LogP contribution in [-0.4, -0.2) is 33.8 Å². The van der Waals surface area contributed by atoms with Crippen molar-refractivity contribution < 1.29 is 19.1 Å².